The molecule has 18 heavy (non-hydrogen) atoms. The topological polar surface area (TPSA) is 41.3 Å². The number of nitrogens with zero attached hydrogens (tertiary/aromatic N) is 3. The van der Waals surface area contributed by atoms with Gasteiger partial charge in [-0.25, -0.2) is 4.98 Å². The Morgan fingerprint density at radius 1 is 1.33 bits per heavy atom. The minimum Gasteiger partial charge on any atom is -0.388 e. The number of β-amino-alcohol motifs (C(OH)–C–C–N with tert-alkyl or cyclic N) is 1. The molecule has 0 aliphatic carbocycles. The van der Waals surface area contributed by atoms with E-state index in [0.717, 1.165) is 36.4 Å². The molecule has 1 unspecified atom stereocenters. The van der Waals surface area contributed by atoms with E-state index >= 15 is 0 Å². The molecule has 1 aliphatic heterocycles. The fourth-order valence-electron chi connectivity index (χ4n) is 2.85. The molecule has 0 radical (unpaired) electrons. The monoisotopic (exact) mass is 245 g/mol. The van der Waals surface area contributed by atoms with Crippen molar-refractivity contribution in [2.75, 3.05) is 20.1 Å². The van der Waals surface area contributed by atoms with Gasteiger partial charge in [-0.2, -0.15) is 0 Å². The van der Waals surface area contributed by atoms with Crippen LogP contribution in [-0.2, 0) is 13.5 Å². The number of likely N-dealkylation sites (tertiary alicyclic amines) is 1. The van der Waals surface area contributed by atoms with Crippen LogP contribution in [0.25, 0.3) is 11.0 Å². The van der Waals surface area contributed by atoms with Gasteiger partial charge in [0, 0.05) is 26.6 Å². The van der Waals surface area contributed by atoms with E-state index in [2.05, 4.69) is 20.5 Å². The number of aryl methyl sites for hydroxylation is 1. The largest absolute Gasteiger partial charge is 0.388 e. The zero-order valence-electron chi connectivity index (χ0n) is 10.9. The van der Waals surface area contributed by atoms with E-state index < -0.39 is 5.60 Å². The Hall–Kier alpha value is -1.39. The Balaban J connectivity index is 1.93. The third-order valence-electron chi connectivity index (χ3n) is 3.89. The average molecular weight is 245 g/mol. The first-order valence-corrected chi connectivity index (χ1v) is 6.39. The predicted octanol–water partition coefficient (Wildman–Crippen LogP) is 1.18. The summed E-state index contributed by atoms with van der Waals surface area (Å²) in [5, 5.41) is 10.6. The molecule has 1 aliphatic rings. The normalized spacial score (nSPS) is 25.1. The van der Waals surface area contributed by atoms with Gasteiger partial charge in [0.1, 0.15) is 5.82 Å². The van der Waals surface area contributed by atoms with Gasteiger partial charge in [-0.15, -0.1) is 0 Å². The maximum Gasteiger partial charge on any atom is 0.112 e. The molecule has 1 saturated heterocycles. The Kier molecular flexibility index (Phi) is 2.64. The van der Waals surface area contributed by atoms with Crippen LogP contribution in [-0.4, -0.2) is 45.3 Å². The van der Waals surface area contributed by atoms with Crippen molar-refractivity contribution in [2.45, 2.75) is 18.4 Å². The van der Waals surface area contributed by atoms with Crippen molar-refractivity contribution >= 4 is 11.0 Å². The standard InChI is InChI=1S/C14H19N3O/c1-16-8-7-14(18,10-16)9-13-15-11-5-3-4-6-12(11)17(13)2/h3-6,18H,7-10H2,1-2H3. The molecule has 2 aromatic rings. The molecule has 0 amide bonds. The number of likely N-dealkylation sites (N-methyl/N-ethyl adjacent to an activating group) is 1. The summed E-state index contributed by atoms with van der Waals surface area (Å²) in [4.78, 5) is 6.80. The minimum absolute atomic E-state index is 0.621. The number of aromatic nitrogens is 2. The van der Waals surface area contributed by atoms with E-state index in [9.17, 15) is 5.11 Å². The summed E-state index contributed by atoms with van der Waals surface area (Å²) >= 11 is 0. The summed E-state index contributed by atoms with van der Waals surface area (Å²) < 4.78 is 2.09. The van der Waals surface area contributed by atoms with Gasteiger partial charge < -0.3 is 14.6 Å². The van der Waals surface area contributed by atoms with Crippen LogP contribution in [0.15, 0.2) is 24.3 Å². The van der Waals surface area contributed by atoms with Crippen molar-refractivity contribution in [3.8, 4) is 0 Å². The molecule has 96 valence electrons. The predicted molar refractivity (Wildman–Crippen MR) is 71.5 cm³/mol. The third-order valence-corrected chi connectivity index (χ3v) is 3.89. The van der Waals surface area contributed by atoms with Gasteiger partial charge in [-0.3, -0.25) is 0 Å². The number of aliphatic hydroxyl groups is 1. The second kappa shape index (κ2) is 4.07. The number of para-hydroxylation sites is 2. The second-order valence-electron chi connectivity index (χ2n) is 5.46. The second-order valence-corrected chi connectivity index (χ2v) is 5.46. The van der Waals surface area contributed by atoms with Crippen LogP contribution >= 0.6 is 0 Å². The van der Waals surface area contributed by atoms with Gasteiger partial charge in [0.15, 0.2) is 0 Å². The lowest BCUT2D eigenvalue weighted by Gasteiger charge is -2.21. The van der Waals surface area contributed by atoms with E-state index in [1.807, 2.05) is 32.3 Å². The van der Waals surface area contributed by atoms with Crippen LogP contribution in [0.2, 0.25) is 0 Å². The summed E-state index contributed by atoms with van der Waals surface area (Å²) in [6, 6.07) is 8.10. The van der Waals surface area contributed by atoms with E-state index in [0.29, 0.717) is 6.42 Å². The number of benzene rings is 1. The van der Waals surface area contributed by atoms with Crippen LogP contribution in [0, 0.1) is 0 Å². The van der Waals surface area contributed by atoms with Crippen molar-refractivity contribution < 1.29 is 5.11 Å². The average Bonchev–Trinajstić information content (AvgIpc) is 2.82. The summed E-state index contributed by atoms with van der Waals surface area (Å²) in [7, 11) is 4.07. The van der Waals surface area contributed by atoms with Crippen molar-refractivity contribution in [3.05, 3.63) is 30.1 Å². The van der Waals surface area contributed by atoms with Crippen molar-refractivity contribution in [2.24, 2.45) is 7.05 Å². The highest BCUT2D eigenvalue weighted by Crippen LogP contribution is 2.25. The molecule has 1 N–H and O–H groups in total. The summed E-state index contributed by atoms with van der Waals surface area (Å²) in [6.45, 7) is 1.69. The maximum atomic E-state index is 10.6. The molecule has 0 saturated carbocycles. The quantitative estimate of drug-likeness (QED) is 0.864. The van der Waals surface area contributed by atoms with E-state index in [1.165, 1.54) is 0 Å². The first-order valence-electron chi connectivity index (χ1n) is 6.39. The van der Waals surface area contributed by atoms with Gasteiger partial charge in [0.2, 0.25) is 0 Å². The number of hydrogen-bond donors (Lipinski definition) is 1. The number of rotatable bonds is 2. The molecule has 1 aromatic heterocycles. The summed E-state index contributed by atoms with van der Waals surface area (Å²) in [6.07, 6.45) is 1.45. The molecule has 2 heterocycles. The van der Waals surface area contributed by atoms with Crippen LogP contribution in [0.4, 0.5) is 0 Å². The van der Waals surface area contributed by atoms with Gasteiger partial charge in [0.05, 0.1) is 16.6 Å². The Labute approximate surface area is 107 Å². The molecule has 0 bridgehead atoms. The first kappa shape index (κ1) is 11.7. The molecule has 1 aromatic carbocycles. The smallest absolute Gasteiger partial charge is 0.112 e. The third kappa shape index (κ3) is 1.91. The molecule has 1 atom stereocenters. The highest BCUT2D eigenvalue weighted by molar-refractivity contribution is 5.75. The Morgan fingerprint density at radius 3 is 2.78 bits per heavy atom. The fraction of sp³-hybridized carbons (Fsp3) is 0.500. The van der Waals surface area contributed by atoms with Crippen molar-refractivity contribution in [3.63, 3.8) is 0 Å². The van der Waals surface area contributed by atoms with Crippen molar-refractivity contribution in [1.82, 2.24) is 14.5 Å². The fourth-order valence-corrected chi connectivity index (χ4v) is 2.85. The minimum atomic E-state index is -0.621. The number of fused-ring (bicyclic) bond motifs is 1. The number of imidazole rings is 1. The lowest BCUT2D eigenvalue weighted by Crippen LogP contribution is -2.35. The van der Waals surface area contributed by atoms with E-state index in [-0.39, 0.29) is 0 Å². The molecule has 0 spiro atoms. The van der Waals surface area contributed by atoms with Crippen LogP contribution in [0.1, 0.15) is 12.2 Å². The lowest BCUT2D eigenvalue weighted by atomic mass is 9.98. The van der Waals surface area contributed by atoms with Gasteiger partial charge >= 0.3 is 0 Å². The lowest BCUT2D eigenvalue weighted by molar-refractivity contribution is 0.0498. The molecule has 4 nitrogen and oxygen atoms in total. The van der Waals surface area contributed by atoms with Crippen LogP contribution < -0.4 is 0 Å². The number of hydrogen-bond acceptors (Lipinski definition) is 3. The van der Waals surface area contributed by atoms with Gasteiger partial charge in [-0.05, 0) is 25.6 Å². The zero-order valence-corrected chi connectivity index (χ0v) is 10.9. The zero-order chi connectivity index (χ0) is 12.8. The summed E-state index contributed by atoms with van der Waals surface area (Å²) in [5.74, 6) is 0.967. The molecular formula is C14H19N3O. The maximum absolute atomic E-state index is 10.6. The Bertz CT molecular complexity index is 577. The van der Waals surface area contributed by atoms with Crippen LogP contribution in [0.3, 0.4) is 0 Å². The molecule has 3 rings (SSSR count). The molecular weight excluding hydrogens is 226 g/mol. The van der Waals surface area contributed by atoms with E-state index in [4.69, 9.17) is 0 Å². The SMILES string of the molecule is CN1CCC(O)(Cc2nc3ccccc3n2C)C1. The Morgan fingerprint density at radius 2 is 2.11 bits per heavy atom. The highest BCUT2D eigenvalue weighted by atomic mass is 16.3. The molecule has 4 heteroatoms. The van der Waals surface area contributed by atoms with Gasteiger partial charge in [-0.1, -0.05) is 12.1 Å². The molecule has 1 fully saturated rings. The summed E-state index contributed by atoms with van der Waals surface area (Å²) in [5.41, 5.74) is 1.51. The highest BCUT2D eigenvalue weighted by Gasteiger charge is 2.35. The first-order chi connectivity index (χ1) is 8.57. The van der Waals surface area contributed by atoms with Crippen LogP contribution in [0.5, 0.6) is 0 Å². The van der Waals surface area contributed by atoms with Crippen molar-refractivity contribution in [1.29, 1.82) is 0 Å². The van der Waals surface area contributed by atoms with Gasteiger partial charge in [0.25, 0.3) is 0 Å². The van der Waals surface area contributed by atoms with E-state index in [1.54, 1.807) is 0 Å².